The molecule has 1 rings (SSSR count). The molecular weight excluding hydrogens is 210 g/mol. The van der Waals surface area contributed by atoms with Gasteiger partial charge in [0.25, 0.3) is 6.26 Å². The standard InChI is InChI=1S/C11H11NO4/c1-8(11(13)14-2)16-10-5-3-9(4-6-10)15-7-12/h3-6,8H,1-2H3/t8-/m1/s1. The van der Waals surface area contributed by atoms with Gasteiger partial charge in [-0.3, -0.25) is 0 Å². The van der Waals surface area contributed by atoms with E-state index < -0.39 is 12.1 Å². The summed E-state index contributed by atoms with van der Waals surface area (Å²) in [7, 11) is 1.30. The van der Waals surface area contributed by atoms with Crippen molar-refractivity contribution in [1.82, 2.24) is 0 Å². The Morgan fingerprint density at radius 3 is 2.38 bits per heavy atom. The zero-order valence-corrected chi connectivity index (χ0v) is 8.97. The van der Waals surface area contributed by atoms with Crippen LogP contribution in [0.4, 0.5) is 0 Å². The summed E-state index contributed by atoms with van der Waals surface area (Å²) in [5.41, 5.74) is 0. The summed E-state index contributed by atoms with van der Waals surface area (Å²) in [5, 5.41) is 8.27. The highest BCUT2D eigenvalue weighted by Crippen LogP contribution is 2.18. The molecule has 1 aromatic carbocycles. The zero-order chi connectivity index (χ0) is 12.0. The quantitative estimate of drug-likeness (QED) is 0.569. The van der Waals surface area contributed by atoms with Crippen molar-refractivity contribution in [2.45, 2.75) is 13.0 Å². The number of hydrogen-bond donors (Lipinski definition) is 0. The smallest absolute Gasteiger partial charge is 0.346 e. The van der Waals surface area contributed by atoms with Crippen LogP contribution in [-0.4, -0.2) is 19.2 Å². The van der Waals surface area contributed by atoms with E-state index in [2.05, 4.69) is 9.47 Å². The first-order valence-electron chi connectivity index (χ1n) is 4.58. The molecule has 0 heterocycles. The monoisotopic (exact) mass is 221 g/mol. The van der Waals surface area contributed by atoms with Gasteiger partial charge < -0.3 is 14.2 Å². The van der Waals surface area contributed by atoms with Gasteiger partial charge in [0.1, 0.15) is 11.5 Å². The fourth-order valence-electron chi connectivity index (χ4n) is 1.06. The van der Waals surface area contributed by atoms with Gasteiger partial charge in [0.05, 0.1) is 7.11 Å². The van der Waals surface area contributed by atoms with Crippen LogP contribution in [-0.2, 0) is 9.53 Å². The molecule has 5 nitrogen and oxygen atoms in total. The average molecular weight is 221 g/mol. The van der Waals surface area contributed by atoms with Crippen LogP contribution in [0.15, 0.2) is 24.3 Å². The highest BCUT2D eigenvalue weighted by Gasteiger charge is 2.14. The lowest BCUT2D eigenvalue weighted by molar-refractivity contribution is -0.147. The van der Waals surface area contributed by atoms with E-state index in [9.17, 15) is 4.79 Å². The van der Waals surface area contributed by atoms with E-state index in [1.165, 1.54) is 7.11 Å². The molecule has 1 aromatic rings. The number of carbonyl (C=O) groups is 1. The molecule has 84 valence electrons. The summed E-state index contributed by atoms with van der Waals surface area (Å²) >= 11 is 0. The van der Waals surface area contributed by atoms with Crippen LogP contribution >= 0.6 is 0 Å². The van der Waals surface area contributed by atoms with Crippen molar-refractivity contribution >= 4 is 5.97 Å². The van der Waals surface area contributed by atoms with Crippen molar-refractivity contribution in [3.05, 3.63) is 24.3 Å². The molecule has 0 radical (unpaired) electrons. The van der Waals surface area contributed by atoms with Crippen LogP contribution in [0.25, 0.3) is 0 Å². The second-order valence-corrected chi connectivity index (χ2v) is 2.95. The molecular formula is C11H11NO4. The van der Waals surface area contributed by atoms with Crippen molar-refractivity contribution in [2.24, 2.45) is 0 Å². The number of esters is 1. The van der Waals surface area contributed by atoms with Gasteiger partial charge in [-0.25, -0.2) is 4.79 Å². The van der Waals surface area contributed by atoms with Crippen LogP contribution < -0.4 is 9.47 Å². The normalized spacial score (nSPS) is 11.1. The summed E-state index contributed by atoms with van der Waals surface area (Å²) in [6.07, 6.45) is 0.883. The molecule has 0 unspecified atom stereocenters. The van der Waals surface area contributed by atoms with Gasteiger partial charge in [0.15, 0.2) is 6.10 Å². The van der Waals surface area contributed by atoms with Crippen molar-refractivity contribution in [3.8, 4) is 17.8 Å². The molecule has 0 bridgehead atoms. The number of nitriles is 1. The molecule has 0 amide bonds. The Labute approximate surface area is 93.2 Å². The number of methoxy groups -OCH3 is 1. The maximum Gasteiger partial charge on any atom is 0.346 e. The van der Waals surface area contributed by atoms with Gasteiger partial charge in [-0.15, -0.1) is 5.26 Å². The highest BCUT2D eigenvalue weighted by molar-refractivity contribution is 5.74. The number of ether oxygens (including phenoxy) is 3. The minimum absolute atomic E-state index is 0.417. The van der Waals surface area contributed by atoms with E-state index in [1.807, 2.05) is 0 Å². The van der Waals surface area contributed by atoms with Gasteiger partial charge in [-0.2, -0.15) is 0 Å². The third-order valence-corrected chi connectivity index (χ3v) is 1.83. The van der Waals surface area contributed by atoms with Crippen LogP contribution in [0, 0.1) is 11.5 Å². The second kappa shape index (κ2) is 5.61. The SMILES string of the molecule is COC(=O)[C@@H](C)Oc1ccc(OC#N)cc1. The lowest BCUT2D eigenvalue weighted by atomic mass is 10.3. The number of nitrogens with zero attached hydrogens (tertiary/aromatic N) is 1. The molecule has 0 N–H and O–H groups in total. The van der Waals surface area contributed by atoms with E-state index in [1.54, 1.807) is 37.4 Å². The van der Waals surface area contributed by atoms with Crippen molar-refractivity contribution < 1.29 is 19.0 Å². The van der Waals surface area contributed by atoms with Gasteiger partial charge in [0.2, 0.25) is 0 Å². The Morgan fingerprint density at radius 1 is 1.31 bits per heavy atom. The summed E-state index contributed by atoms with van der Waals surface area (Å²) in [5.74, 6) is 0.473. The third-order valence-electron chi connectivity index (χ3n) is 1.83. The minimum atomic E-state index is -0.673. The van der Waals surface area contributed by atoms with Crippen molar-refractivity contribution in [2.75, 3.05) is 7.11 Å². The molecule has 0 saturated heterocycles. The predicted octanol–water partition coefficient (Wildman–Crippen LogP) is 1.49. The van der Waals surface area contributed by atoms with Crippen molar-refractivity contribution in [1.29, 1.82) is 5.26 Å². The summed E-state index contributed by atoms with van der Waals surface area (Å²) in [6.45, 7) is 1.59. The van der Waals surface area contributed by atoms with Gasteiger partial charge in [0, 0.05) is 0 Å². The summed E-state index contributed by atoms with van der Waals surface area (Å²) < 4.78 is 14.4. The van der Waals surface area contributed by atoms with Crippen LogP contribution in [0.3, 0.4) is 0 Å². The van der Waals surface area contributed by atoms with E-state index in [0.29, 0.717) is 11.5 Å². The maximum absolute atomic E-state index is 11.1. The molecule has 0 spiro atoms. The fraction of sp³-hybridized carbons (Fsp3) is 0.273. The van der Waals surface area contributed by atoms with Gasteiger partial charge >= 0.3 is 5.97 Å². The molecule has 0 aromatic heterocycles. The molecule has 5 heteroatoms. The lowest BCUT2D eigenvalue weighted by Gasteiger charge is -2.12. The first kappa shape index (κ1) is 11.9. The third kappa shape index (κ3) is 3.17. The zero-order valence-electron chi connectivity index (χ0n) is 8.97. The predicted molar refractivity (Wildman–Crippen MR) is 54.8 cm³/mol. The molecule has 0 aliphatic carbocycles. The number of hydrogen-bond acceptors (Lipinski definition) is 5. The van der Waals surface area contributed by atoms with E-state index in [4.69, 9.17) is 10.00 Å². The Morgan fingerprint density at radius 2 is 1.88 bits per heavy atom. The average Bonchev–Trinajstić information content (AvgIpc) is 2.31. The van der Waals surface area contributed by atoms with Crippen LogP contribution in [0.2, 0.25) is 0 Å². The molecule has 0 saturated carbocycles. The van der Waals surface area contributed by atoms with Crippen LogP contribution in [0.1, 0.15) is 6.92 Å². The Hall–Kier alpha value is -2.22. The molecule has 0 fully saturated rings. The Balaban J connectivity index is 2.62. The first-order valence-corrected chi connectivity index (χ1v) is 4.58. The van der Waals surface area contributed by atoms with Crippen LogP contribution in [0.5, 0.6) is 11.5 Å². The fourth-order valence-corrected chi connectivity index (χ4v) is 1.06. The highest BCUT2D eigenvalue weighted by atomic mass is 16.6. The number of carbonyl (C=O) groups excluding carboxylic acids is 1. The Kier molecular flexibility index (Phi) is 4.16. The number of rotatable bonds is 4. The first-order chi connectivity index (χ1) is 7.67. The summed E-state index contributed by atoms with van der Waals surface area (Å²) in [6, 6.07) is 6.35. The number of benzene rings is 1. The van der Waals surface area contributed by atoms with E-state index >= 15 is 0 Å². The van der Waals surface area contributed by atoms with Crippen molar-refractivity contribution in [3.63, 3.8) is 0 Å². The summed E-state index contributed by atoms with van der Waals surface area (Å²) in [4.78, 5) is 11.1. The topological polar surface area (TPSA) is 68.6 Å². The Bertz CT molecular complexity index is 393. The van der Waals surface area contributed by atoms with E-state index in [-0.39, 0.29) is 0 Å². The molecule has 0 aliphatic rings. The van der Waals surface area contributed by atoms with Gasteiger partial charge in [-0.05, 0) is 31.2 Å². The second-order valence-electron chi connectivity index (χ2n) is 2.95. The van der Waals surface area contributed by atoms with Gasteiger partial charge in [-0.1, -0.05) is 0 Å². The molecule has 0 aliphatic heterocycles. The molecule has 16 heavy (non-hydrogen) atoms. The minimum Gasteiger partial charge on any atom is -0.479 e. The van der Waals surface area contributed by atoms with E-state index in [0.717, 1.165) is 0 Å². The molecule has 1 atom stereocenters. The maximum atomic E-state index is 11.1. The largest absolute Gasteiger partial charge is 0.479 e. The lowest BCUT2D eigenvalue weighted by Crippen LogP contribution is -2.24.